The van der Waals surface area contributed by atoms with Crippen molar-refractivity contribution in [3.63, 3.8) is 0 Å². The number of hydrogen-bond acceptors (Lipinski definition) is 2. The van der Waals surface area contributed by atoms with Crippen LogP contribution < -0.4 is 0 Å². The summed E-state index contributed by atoms with van der Waals surface area (Å²) in [5.74, 6) is 0.482. The summed E-state index contributed by atoms with van der Waals surface area (Å²) in [6, 6.07) is 11.6. The van der Waals surface area contributed by atoms with Crippen LogP contribution in [0.4, 0.5) is 0 Å². The van der Waals surface area contributed by atoms with Crippen molar-refractivity contribution < 1.29 is 4.79 Å². The molecule has 0 saturated carbocycles. The van der Waals surface area contributed by atoms with Gasteiger partial charge in [-0.3, -0.25) is 9.69 Å². The van der Waals surface area contributed by atoms with Crippen LogP contribution in [-0.2, 0) is 4.79 Å². The van der Waals surface area contributed by atoms with Crippen LogP contribution in [-0.4, -0.2) is 22.8 Å². The largest absolute Gasteiger partial charge is 0.297 e. The molecule has 0 N–H and O–H groups in total. The maximum atomic E-state index is 12.7. The van der Waals surface area contributed by atoms with Gasteiger partial charge < -0.3 is 0 Å². The third kappa shape index (κ3) is 2.23. The number of ketones is 1. The zero-order chi connectivity index (χ0) is 13.4. The molecule has 2 heteroatoms. The van der Waals surface area contributed by atoms with E-state index in [4.69, 9.17) is 0 Å². The van der Waals surface area contributed by atoms with Gasteiger partial charge in [-0.2, -0.15) is 0 Å². The van der Waals surface area contributed by atoms with Crippen molar-refractivity contribution >= 4 is 5.78 Å². The summed E-state index contributed by atoms with van der Waals surface area (Å²) in [6.07, 6.45) is 5.11. The number of hydrogen-bond donors (Lipinski definition) is 0. The van der Waals surface area contributed by atoms with Crippen molar-refractivity contribution in [2.75, 3.05) is 0 Å². The van der Waals surface area contributed by atoms with E-state index in [1.165, 1.54) is 31.2 Å². The quantitative estimate of drug-likeness (QED) is 0.821. The van der Waals surface area contributed by atoms with Crippen molar-refractivity contribution in [3.8, 4) is 0 Å². The Morgan fingerprint density at radius 3 is 2.05 bits per heavy atom. The second-order valence-electron chi connectivity index (χ2n) is 6.28. The lowest BCUT2D eigenvalue weighted by Gasteiger charge is -2.32. The van der Waals surface area contributed by atoms with Gasteiger partial charge >= 0.3 is 0 Å². The molecule has 3 rings (SSSR count). The first-order valence-electron chi connectivity index (χ1n) is 7.54. The smallest absolute Gasteiger partial charge is 0.157 e. The molecule has 0 spiro atoms. The van der Waals surface area contributed by atoms with E-state index in [0.717, 1.165) is 0 Å². The summed E-state index contributed by atoms with van der Waals surface area (Å²) in [5.41, 5.74) is 1.18. The zero-order valence-electron chi connectivity index (χ0n) is 11.9. The third-order valence-corrected chi connectivity index (χ3v) is 4.76. The van der Waals surface area contributed by atoms with Crippen LogP contribution in [0.25, 0.3) is 0 Å². The molecule has 1 aromatic rings. The van der Waals surface area contributed by atoms with E-state index >= 15 is 0 Å². The molecule has 2 saturated heterocycles. The lowest BCUT2D eigenvalue weighted by molar-refractivity contribution is -0.128. The fraction of sp³-hybridized carbons (Fsp3) is 0.588. The highest BCUT2D eigenvalue weighted by Gasteiger charge is 2.45. The number of nitrogens with zero attached hydrogens (tertiary/aromatic N) is 1. The Balaban J connectivity index is 1.95. The first-order chi connectivity index (χ1) is 9.18. The Kier molecular flexibility index (Phi) is 3.44. The van der Waals surface area contributed by atoms with E-state index in [1.54, 1.807) is 0 Å². The van der Waals surface area contributed by atoms with E-state index in [2.05, 4.69) is 17.0 Å². The van der Waals surface area contributed by atoms with Gasteiger partial charge in [0, 0.05) is 18.0 Å². The van der Waals surface area contributed by atoms with Crippen molar-refractivity contribution in [2.24, 2.45) is 5.92 Å². The minimum Gasteiger partial charge on any atom is -0.297 e. The molecule has 0 unspecified atom stereocenters. The van der Waals surface area contributed by atoms with Gasteiger partial charge in [0.05, 0.1) is 6.04 Å². The Morgan fingerprint density at radius 1 is 1.05 bits per heavy atom. The van der Waals surface area contributed by atoms with Crippen LogP contribution in [0.15, 0.2) is 30.3 Å². The average molecular weight is 257 g/mol. The van der Waals surface area contributed by atoms with Gasteiger partial charge in [0.2, 0.25) is 0 Å². The lowest BCUT2D eigenvalue weighted by atomic mass is 9.93. The Labute approximate surface area is 115 Å². The van der Waals surface area contributed by atoms with E-state index in [9.17, 15) is 4.79 Å². The standard InChI is InChI=1S/C17H23NO/c1-12(2)17(19)16(13-6-4-3-5-7-13)18-14-8-9-15(18)11-10-14/h3-7,12,14-16H,8-11H2,1-2H3/t14?,15?,16-/m0/s1. The van der Waals surface area contributed by atoms with Gasteiger partial charge in [0.15, 0.2) is 5.78 Å². The molecule has 2 aliphatic heterocycles. The minimum absolute atomic E-state index is 0.0128. The van der Waals surface area contributed by atoms with Crippen LogP contribution in [0.1, 0.15) is 51.1 Å². The van der Waals surface area contributed by atoms with Gasteiger partial charge in [0.25, 0.3) is 0 Å². The average Bonchev–Trinajstić information content (AvgIpc) is 3.00. The molecule has 102 valence electrons. The first kappa shape index (κ1) is 12.9. The predicted octanol–water partition coefficient (Wildman–Crippen LogP) is 3.58. The third-order valence-electron chi connectivity index (χ3n) is 4.76. The highest BCUT2D eigenvalue weighted by Crippen LogP contribution is 2.44. The zero-order valence-corrected chi connectivity index (χ0v) is 11.9. The number of carbonyl (C=O) groups excluding carboxylic acids is 1. The van der Waals surface area contributed by atoms with Crippen LogP contribution in [0.5, 0.6) is 0 Å². The second kappa shape index (κ2) is 5.09. The van der Waals surface area contributed by atoms with Crippen molar-refractivity contribution in [1.29, 1.82) is 0 Å². The van der Waals surface area contributed by atoms with Crippen LogP contribution >= 0.6 is 0 Å². The maximum absolute atomic E-state index is 12.7. The molecule has 2 aliphatic rings. The first-order valence-corrected chi connectivity index (χ1v) is 7.54. The monoisotopic (exact) mass is 257 g/mol. The second-order valence-corrected chi connectivity index (χ2v) is 6.28. The Hall–Kier alpha value is -1.15. The number of Topliss-reactive ketones (excluding diaryl/α,β-unsaturated/α-hetero) is 1. The molecule has 0 aromatic heterocycles. The molecule has 2 fully saturated rings. The van der Waals surface area contributed by atoms with E-state index in [-0.39, 0.29) is 12.0 Å². The molecular weight excluding hydrogens is 234 g/mol. The molecule has 19 heavy (non-hydrogen) atoms. The van der Waals surface area contributed by atoms with Gasteiger partial charge in [-0.15, -0.1) is 0 Å². The Bertz CT molecular complexity index is 434. The van der Waals surface area contributed by atoms with Crippen LogP contribution in [0.3, 0.4) is 0 Å². The van der Waals surface area contributed by atoms with Gasteiger partial charge in [0.1, 0.15) is 0 Å². The molecule has 0 aliphatic carbocycles. The summed E-state index contributed by atoms with van der Waals surface area (Å²) in [7, 11) is 0. The fourth-order valence-electron chi connectivity index (χ4n) is 3.81. The SMILES string of the molecule is CC(C)C(=O)[C@H](c1ccccc1)N1C2CCC1CC2. The van der Waals surface area contributed by atoms with Crippen LogP contribution in [0.2, 0.25) is 0 Å². The number of benzene rings is 1. The number of carbonyl (C=O) groups is 1. The molecule has 1 aromatic carbocycles. The molecule has 0 amide bonds. The molecule has 2 bridgehead atoms. The maximum Gasteiger partial charge on any atom is 0.157 e. The normalized spacial score (nSPS) is 27.9. The van der Waals surface area contributed by atoms with E-state index in [1.807, 2.05) is 32.0 Å². The summed E-state index contributed by atoms with van der Waals surface area (Å²) < 4.78 is 0. The summed E-state index contributed by atoms with van der Waals surface area (Å²) in [5, 5.41) is 0. The van der Waals surface area contributed by atoms with Gasteiger partial charge in [-0.1, -0.05) is 44.2 Å². The molecule has 0 radical (unpaired) electrons. The number of fused-ring (bicyclic) bond motifs is 2. The molecule has 2 heterocycles. The summed E-state index contributed by atoms with van der Waals surface area (Å²) in [4.78, 5) is 15.2. The molecule has 2 nitrogen and oxygen atoms in total. The molecule has 1 atom stereocenters. The topological polar surface area (TPSA) is 20.3 Å². The highest BCUT2D eigenvalue weighted by molar-refractivity contribution is 5.87. The lowest BCUT2D eigenvalue weighted by Crippen LogP contribution is -2.39. The summed E-state index contributed by atoms with van der Waals surface area (Å²) >= 11 is 0. The van der Waals surface area contributed by atoms with Crippen LogP contribution in [0, 0.1) is 5.92 Å². The van der Waals surface area contributed by atoms with Gasteiger partial charge in [-0.25, -0.2) is 0 Å². The summed E-state index contributed by atoms with van der Waals surface area (Å²) in [6.45, 7) is 4.05. The fourth-order valence-corrected chi connectivity index (χ4v) is 3.81. The van der Waals surface area contributed by atoms with E-state index < -0.39 is 0 Å². The predicted molar refractivity (Wildman–Crippen MR) is 76.9 cm³/mol. The van der Waals surface area contributed by atoms with Crippen molar-refractivity contribution in [2.45, 2.75) is 57.7 Å². The number of rotatable bonds is 4. The van der Waals surface area contributed by atoms with Crippen molar-refractivity contribution in [3.05, 3.63) is 35.9 Å². The van der Waals surface area contributed by atoms with E-state index in [0.29, 0.717) is 17.9 Å². The highest BCUT2D eigenvalue weighted by atomic mass is 16.1. The van der Waals surface area contributed by atoms with Gasteiger partial charge in [-0.05, 0) is 31.2 Å². The molecular formula is C17H23NO. The minimum atomic E-state index is -0.0128. The van der Waals surface area contributed by atoms with Crippen molar-refractivity contribution in [1.82, 2.24) is 4.90 Å². The Morgan fingerprint density at radius 2 is 1.58 bits per heavy atom.